The first kappa shape index (κ1) is 16.0. The van der Waals surface area contributed by atoms with Gasteiger partial charge in [0.15, 0.2) is 0 Å². The fourth-order valence-corrected chi connectivity index (χ4v) is 3.70. The number of para-hydroxylation sites is 1. The molecule has 0 aliphatic rings. The number of aryl methyl sites for hydroxylation is 1. The van der Waals surface area contributed by atoms with E-state index in [0.717, 1.165) is 9.87 Å². The predicted molar refractivity (Wildman–Crippen MR) is 86.0 cm³/mol. The summed E-state index contributed by atoms with van der Waals surface area (Å²) in [4.78, 5) is 11.5. The smallest absolute Gasteiger partial charge is 0.264 e. The van der Waals surface area contributed by atoms with E-state index in [1.807, 2.05) is 19.1 Å². The van der Waals surface area contributed by atoms with Crippen LogP contribution in [0.2, 0.25) is 0 Å². The summed E-state index contributed by atoms with van der Waals surface area (Å²) in [6, 6.07) is 15.1. The minimum atomic E-state index is -3.85. The summed E-state index contributed by atoms with van der Waals surface area (Å²) in [5.41, 5.74) is 6.57. The number of carbonyl (C=O) groups is 1. The molecular formula is C16H18N2O3S. The van der Waals surface area contributed by atoms with Gasteiger partial charge in [-0.05, 0) is 30.2 Å². The Balaban J connectivity index is 2.58. The van der Waals surface area contributed by atoms with Crippen molar-refractivity contribution in [3.8, 4) is 0 Å². The van der Waals surface area contributed by atoms with E-state index in [4.69, 9.17) is 5.73 Å². The second kappa shape index (κ2) is 6.62. The number of nitrogens with zero attached hydrogens (tertiary/aromatic N) is 1. The van der Waals surface area contributed by atoms with Crippen molar-refractivity contribution in [1.82, 2.24) is 0 Å². The van der Waals surface area contributed by atoms with Crippen molar-refractivity contribution in [1.29, 1.82) is 0 Å². The van der Waals surface area contributed by atoms with E-state index in [2.05, 4.69) is 0 Å². The Kier molecular flexibility index (Phi) is 4.82. The van der Waals surface area contributed by atoms with Gasteiger partial charge in [-0.2, -0.15) is 0 Å². The quantitative estimate of drug-likeness (QED) is 0.883. The van der Waals surface area contributed by atoms with Gasteiger partial charge in [-0.15, -0.1) is 0 Å². The minimum absolute atomic E-state index is 0.127. The minimum Gasteiger partial charge on any atom is -0.368 e. The summed E-state index contributed by atoms with van der Waals surface area (Å²) in [6.45, 7) is 1.53. The van der Waals surface area contributed by atoms with Crippen LogP contribution in [0.3, 0.4) is 0 Å². The molecule has 0 bridgehead atoms. The molecule has 2 aromatic carbocycles. The van der Waals surface area contributed by atoms with Gasteiger partial charge in [-0.1, -0.05) is 43.3 Å². The van der Waals surface area contributed by atoms with E-state index in [1.165, 1.54) is 12.1 Å². The summed E-state index contributed by atoms with van der Waals surface area (Å²) in [5.74, 6) is -0.703. The highest BCUT2D eigenvalue weighted by Crippen LogP contribution is 2.27. The number of benzene rings is 2. The summed E-state index contributed by atoms with van der Waals surface area (Å²) in [6.07, 6.45) is 0.649. The van der Waals surface area contributed by atoms with Crippen LogP contribution in [0.25, 0.3) is 0 Å². The van der Waals surface area contributed by atoms with Crippen LogP contribution in [-0.2, 0) is 21.2 Å². The summed E-state index contributed by atoms with van der Waals surface area (Å²) < 4.78 is 26.8. The molecule has 2 N–H and O–H groups in total. The number of primary amides is 1. The first-order chi connectivity index (χ1) is 10.5. The number of carbonyl (C=O) groups excluding carboxylic acids is 1. The number of anilines is 1. The molecule has 0 aliphatic carbocycles. The number of hydrogen-bond donors (Lipinski definition) is 1. The van der Waals surface area contributed by atoms with Crippen LogP contribution >= 0.6 is 0 Å². The van der Waals surface area contributed by atoms with Crippen molar-refractivity contribution >= 4 is 21.6 Å². The average Bonchev–Trinajstić information content (AvgIpc) is 2.53. The van der Waals surface area contributed by atoms with Crippen molar-refractivity contribution in [2.75, 3.05) is 10.8 Å². The first-order valence-electron chi connectivity index (χ1n) is 6.90. The summed E-state index contributed by atoms with van der Waals surface area (Å²) in [7, 11) is -3.85. The molecule has 6 heteroatoms. The lowest BCUT2D eigenvalue weighted by Crippen LogP contribution is -2.39. The summed E-state index contributed by atoms with van der Waals surface area (Å²) >= 11 is 0. The van der Waals surface area contributed by atoms with Crippen LogP contribution < -0.4 is 10.0 Å². The number of rotatable bonds is 6. The van der Waals surface area contributed by atoms with Gasteiger partial charge in [-0.3, -0.25) is 9.10 Å². The van der Waals surface area contributed by atoms with Crippen LogP contribution in [0.4, 0.5) is 5.69 Å². The molecular weight excluding hydrogens is 300 g/mol. The highest BCUT2D eigenvalue weighted by molar-refractivity contribution is 7.92. The molecule has 0 spiro atoms. The molecule has 0 unspecified atom stereocenters. The van der Waals surface area contributed by atoms with Crippen molar-refractivity contribution in [2.45, 2.75) is 18.2 Å². The van der Waals surface area contributed by atoms with Gasteiger partial charge in [0.25, 0.3) is 10.0 Å². The molecule has 0 radical (unpaired) electrons. The third-order valence-corrected chi connectivity index (χ3v) is 5.05. The maximum Gasteiger partial charge on any atom is 0.264 e. The van der Waals surface area contributed by atoms with E-state index < -0.39 is 22.5 Å². The van der Waals surface area contributed by atoms with Crippen molar-refractivity contribution in [2.24, 2.45) is 5.73 Å². The fraction of sp³-hybridized carbons (Fsp3) is 0.188. The zero-order chi connectivity index (χ0) is 16.2. The molecule has 0 heterocycles. The molecule has 116 valence electrons. The van der Waals surface area contributed by atoms with Crippen LogP contribution in [0.5, 0.6) is 0 Å². The number of hydrogen-bond acceptors (Lipinski definition) is 3. The van der Waals surface area contributed by atoms with Gasteiger partial charge in [0.2, 0.25) is 5.91 Å². The van der Waals surface area contributed by atoms with Crippen molar-refractivity contribution in [3.05, 3.63) is 60.2 Å². The molecule has 0 saturated carbocycles. The SMILES string of the molecule is CCc1ccccc1N(CC(N)=O)S(=O)(=O)c1ccccc1. The molecule has 0 saturated heterocycles. The van der Waals surface area contributed by atoms with E-state index in [1.54, 1.807) is 30.3 Å². The lowest BCUT2D eigenvalue weighted by atomic mass is 10.1. The lowest BCUT2D eigenvalue weighted by molar-refractivity contribution is -0.116. The Morgan fingerprint density at radius 2 is 1.64 bits per heavy atom. The maximum absolute atomic E-state index is 12.9. The molecule has 0 aromatic heterocycles. The van der Waals surface area contributed by atoms with Crippen molar-refractivity contribution in [3.63, 3.8) is 0 Å². The van der Waals surface area contributed by atoms with Crippen LogP contribution in [0.1, 0.15) is 12.5 Å². The molecule has 1 amide bonds. The molecule has 0 aliphatic heterocycles. The normalized spacial score (nSPS) is 11.1. The van der Waals surface area contributed by atoms with Crippen LogP contribution in [0.15, 0.2) is 59.5 Å². The Morgan fingerprint density at radius 3 is 2.23 bits per heavy atom. The molecule has 5 nitrogen and oxygen atoms in total. The number of amides is 1. The van der Waals surface area contributed by atoms with Gasteiger partial charge >= 0.3 is 0 Å². The zero-order valence-corrected chi connectivity index (χ0v) is 13.1. The van der Waals surface area contributed by atoms with Crippen molar-refractivity contribution < 1.29 is 13.2 Å². The van der Waals surface area contributed by atoms with Gasteiger partial charge in [-0.25, -0.2) is 8.42 Å². The zero-order valence-electron chi connectivity index (χ0n) is 12.3. The molecule has 2 rings (SSSR count). The maximum atomic E-state index is 12.9. The van der Waals surface area contributed by atoms with Crippen LogP contribution in [0, 0.1) is 0 Å². The third kappa shape index (κ3) is 3.28. The van der Waals surface area contributed by atoms with Gasteiger partial charge in [0.05, 0.1) is 10.6 Å². The van der Waals surface area contributed by atoms with Crippen LogP contribution in [-0.4, -0.2) is 20.9 Å². The lowest BCUT2D eigenvalue weighted by Gasteiger charge is -2.25. The monoisotopic (exact) mass is 318 g/mol. The van der Waals surface area contributed by atoms with Gasteiger partial charge in [0, 0.05) is 0 Å². The van der Waals surface area contributed by atoms with E-state index in [9.17, 15) is 13.2 Å². The predicted octanol–water partition coefficient (Wildman–Crippen LogP) is 1.93. The highest BCUT2D eigenvalue weighted by atomic mass is 32.2. The molecule has 22 heavy (non-hydrogen) atoms. The molecule has 2 aromatic rings. The molecule has 0 atom stereocenters. The first-order valence-corrected chi connectivity index (χ1v) is 8.34. The highest BCUT2D eigenvalue weighted by Gasteiger charge is 2.27. The average molecular weight is 318 g/mol. The Hall–Kier alpha value is -2.34. The largest absolute Gasteiger partial charge is 0.368 e. The number of sulfonamides is 1. The Labute approximate surface area is 130 Å². The standard InChI is InChI=1S/C16H18N2O3S/c1-2-13-8-6-7-11-15(13)18(12-16(17)19)22(20,21)14-9-4-3-5-10-14/h3-11H,2,12H2,1H3,(H2,17,19). The van der Waals surface area contributed by atoms with E-state index in [-0.39, 0.29) is 4.90 Å². The topological polar surface area (TPSA) is 80.5 Å². The number of nitrogens with two attached hydrogens (primary N) is 1. The van der Waals surface area contributed by atoms with Gasteiger partial charge in [0.1, 0.15) is 6.54 Å². The Bertz CT molecular complexity index is 758. The fourth-order valence-electron chi connectivity index (χ4n) is 2.21. The Morgan fingerprint density at radius 1 is 1.05 bits per heavy atom. The van der Waals surface area contributed by atoms with E-state index in [0.29, 0.717) is 12.1 Å². The molecule has 0 fully saturated rings. The summed E-state index contributed by atoms with van der Waals surface area (Å²) in [5, 5.41) is 0. The van der Waals surface area contributed by atoms with Gasteiger partial charge < -0.3 is 5.73 Å². The van der Waals surface area contributed by atoms with E-state index >= 15 is 0 Å². The second-order valence-corrected chi connectivity index (χ2v) is 6.64. The second-order valence-electron chi connectivity index (χ2n) is 4.77. The third-order valence-electron chi connectivity index (χ3n) is 3.27.